The van der Waals surface area contributed by atoms with Crippen LogP contribution in [0.1, 0.15) is 22.3 Å². The van der Waals surface area contributed by atoms with Crippen molar-refractivity contribution in [2.24, 2.45) is 0 Å². The normalized spacial score (nSPS) is 16.9. The van der Waals surface area contributed by atoms with Gasteiger partial charge in [-0.05, 0) is 52.6 Å². The Hall–Kier alpha value is -8.18. The molecule has 65 heavy (non-hydrogen) atoms. The molecular formula is C58H36N3O3P. The number of ether oxygens (including phenoxy) is 1. The first-order valence-electron chi connectivity index (χ1n) is 21.7. The first kappa shape index (κ1) is 37.4. The van der Waals surface area contributed by atoms with Crippen molar-refractivity contribution < 1.29 is 13.7 Å². The highest BCUT2D eigenvalue weighted by atomic mass is 31.2. The third kappa shape index (κ3) is 5.61. The van der Waals surface area contributed by atoms with Crippen LogP contribution in [0.2, 0.25) is 0 Å². The SMILES string of the molecule is O=P1(c2ccccc2)c2ccccc2C2(c3ccccc3Oc3cc(-c4nc(-c5ccccc5)nc(-c5ccc(-c6ccccc6)cc5)n4)ccc32)c2cc3c(cc21)oc1ccccc13. The van der Waals surface area contributed by atoms with Gasteiger partial charge in [-0.25, -0.2) is 15.0 Å². The van der Waals surface area contributed by atoms with E-state index in [0.29, 0.717) is 34.6 Å². The lowest BCUT2D eigenvalue weighted by Crippen LogP contribution is -2.47. The van der Waals surface area contributed by atoms with E-state index in [1.54, 1.807) is 0 Å². The lowest BCUT2D eigenvalue weighted by Gasteiger charge is -2.47. The molecule has 306 valence electrons. The van der Waals surface area contributed by atoms with E-state index in [1.807, 2.05) is 127 Å². The lowest BCUT2D eigenvalue weighted by atomic mass is 9.63. The molecule has 9 aromatic carbocycles. The molecule has 2 aliphatic heterocycles. The predicted molar refractivity (Wildman–Crippen MR) is 260 cm³/mol. The predicted octanol–water partition coefficient (Wildman–Crippen LogP) is 12.9. The van der Waals surface area contributed by atoms with E-state index in [4.69, 9.17) is 24.1 Å². The van der Waals surface area contributed by atoms with Crippen LogP contribution in [0.25, 0.3) is 67.2 Å². The quantitative estimate of drug-likeness (QED) is 0.161. The number of furan rings is 1. The molecule has 2 aliphatic rings. The Morgan fingerprint density at radius 3 is 1.66 bits per heavy atom. The second-order valence-corrected chi connectivity index (χ2v) is 19.3. The number of benzene rings is 9. The van der Waals surface area contributed by atoms with Gasteiger partial charge in [0.25, 0.3) is 0 Å². The molecule has 13 rings (SSSR count). The molecule has 2 atom stereocenters. The number of aromatic nitrogens is 3. The number of hydrogen-bond acceptors (Lipinski definition) is 6. The molecule has 7 heteroatoms. The third-order valence-electron chi connectivity index (χ3n) is 13.1. The number of nitrogens with zero attached hydrogens (tertiary/aromatic N) is 3. The smallest absolute Gasteiger partial charge is 0.171 e. The van der Waals surface area contributed by atoms with Crippen LogP contribution in [0.4, 0.5) is 0 Å². The average Bonchev–Trinajstić information content (AvgIpc) is 3.75. The van der Waals surface area contributed by atoms with Gasteiger partial charge < -0.3 is 13.7 Å². The van der Waals surface area contributed by atoms with Crippen molar-refractivity contribution in [1.29, 1.82) is 0 Å². The van der Waals surface area contributed by atoms with Crippen LogP contribution in [0.15, 0.2) is 223 Å². The molecule has 11 aromatic rings. The van der Waals surface area contributed by atoms with Gasteiger partial charge in [0.2, 0.25) is 0 Å². The molecule has 0 saturated heterocycles. The van der Waals surface area contributed by atoms with E-state index in [-0.39, 0.29) is 0 Å². The Morgan fingerprint density at radius 1 is 0.369 bits per heavy atom. The Kier molecular flexibility index (Phi) is 8.30. The van der Waals surface area contributed by atoms with E-state index in [0.717, 1.165) is 82.3 Å². The second kappa shape index (κ2) is 14.4. The van der Waals surface area contributed by atoms with E-state index in [1.165, 1.54) is 0 Å². The summed E-state index contributed by atoms with van der Waals surface area (Å²) in [6.45, 7) is 0. The number of para-hydroxylation sites is 2. The van der Waals surface area contributed by atoms with Crippen LogP contribution >= 0.6 is 7.14 Å². The maximum absolute atomic E-state index is 16.5. The summed E-state index contributed by atoms with van der Waals surface area (Å²) >= 11 is 0. The van der Waals surface area contributed by atoms with E-state index in [2.05, 4.69) is 91.0 Å². The fourth-order valence-corrected chi connectivity index (χ4v) is 13.3. The largest absolute Gasteiger partial charge is 0.457 e. The summed E-state index contributed by atoms with van der Waals surface area (Å²) in [5.74, 6) is 3.03. The van der Waals surface area contributed by atoms with Gasteiger partial charge in [0.05, 0.1) is 5.41 Å². The van der Waals surface area contributed by atoms with Gasteiger partial charge in [0.1, 0.15) is 22.7 Å². The van der Waals surface area contributed by atoms with Crippen LogP contribution in [0.5, 0.6) is 11.5 Å². The van der Waals surface area contributed by atoms with Crippen molar-refractivity contribution in [2.45, 2.75) is 5.41 Å². The van der Waals surface area contributed by atoms with Gasteiger partial charge in [-0.15, -0.1) is 0 Å². The molecule has 0 radical (unpaired) electrons. The minimum absolute atomic E-state index is 0.518. The topological polar surface area (TPSA) is 78.1 Å². The maximum Gasteiger partial charge on any atom is 0.171 e. The zero-order valence-corrected chi connectivity index (χ0v) is 35.7. The van der Waals surface area contributed by atoms with Crippen molar-refractivity contribution in [3.05, 3.63) is 241 Å². The number of fused-ring (bicyclic) bond motifs is 11. The Balaban J connectivity index is 1.06. The highest BCUT2D eigenvalue weighted by Gasteiger charge is 2.55. The van der Waals surface area contributed by atoms with Crippen LogP contribution < -0.4 is 20.7 Å². The summed E-state index contributed by atoms with van der Waals surface area (Å²) in [5.41, 5.74) is 9.10. The van der Waals surface area contributed by atoms with Crippen LogP contribution in [-0.2, 0) is 9.98 Å². The molecule has 4 heterocycles. The molecule has 6 nitrogen and oxygen atoms in total. The van der Waals surface area contributed by atoms with E-state index >= 15 is 4.57 Å². The maximum atomic E-state index is 16.5. The highest BCUT2D eigenvalue weighted by molar-refractivity contribution is 7.85. The zero-order chi connectivity index (χ0) is 43.1. The van der Waals surface area contributed by atoms with Crippen molar-refractivity contribution in [2.75, 3.05) is 0 Å². The summed E-state index contributed by atoms with van der Waals surface area (Å²) in [5, 5.41) is 4.26. The molecule has 0 bridgehead atoms. The summed E-state index contributed by atoms with van der Waals surface area (Å²) in [6, 6.07) is 73.8. The van der Waals surface area contributed by atoms with Crippen molar-refractivity contribution in [1.82, 2.24) is 15.0 Å². The van der Waals surface area contributed by atoms with Crippen LogP contribution in [0.3, 0.4) is 0 Å². The summed E-state index contributed by atoms with van der Waals surface area (Å²) < 4.78 is 30.1. The average molecular weight is 854 g/mol. The fourth-order valence-electron chi connectivity index (χ4n) is 10.1. The first-order valence-corrected chi connectivity index (χ1v) is 23.4. The van der Waals surface area contributed by atoms with Crippen molar-refractivity contribution in [3.8, 4) is 56.8 Å². The third-order valence-corrected chi connectivity index (χ3v) is 16.2. The van der Waals surface area contributed by atoms with E-state index in [9.17, 15) is 0 Å². The second-order valence-electron chi connectivity index (χ2n) is 16.6. The van der Waals surface area contributed by atoms with E-state index < -0.39 is 12.6 Å². The molecule has 0 aliphatic carbocycles. The Morgan fingerprint density at radius 2 is 0.908 bits per heavy atom. The molecule has 2 unspecified atom stereocenters. The highest BCUT2D eigenvalue weighted by Crippen LogP contribution is 2.62. The van der Waals surface area contributed by atoms with Crippen molar-refractivity contribution >= 4 is 45.0 Å². The van der Waals surface area contributed by atoms with Gasteiger partial charge in [-0.3, -0.25) is 0 Å². The molecule has 1 spiro atoms. The molecule has 0 amide bonds. The molecular weight excluding hydrogens is 818 g/mol. The minimum Gasteiger partial charge on any atom is -0.457 e. The molecule has 0 fully saturated rings. The summed E-state index contributed by atoms with van der Waals surface area (Å²) in [4.78, 5) is 15.3. The van der Waals surface area contributed by atoms with Crippen molar-refractivity contribution in [3.63, 3.8) is 0 Å². The Labute approximate surface area is 374 Å². The van der Waals surface area contributed by atoms with Gasteiger partial charge >= 0.3 is 0 Å². The van der Waals surface area contributed by atoms with Crippen LogP contribution in [-0.4, -0.2) is 15.0 Å². The van der Waals surface area contributed by atoms with Gasteiger partial charge in [-0.1, -0.05) is 188 Å². The number of hydrogen-bond donors (Lipinski definition) is 0. The van der Waals surface area contributed by atoms with Crippen LogP contribution in [0, 0.1) is 0 Å². The standard InChI is InChI=1S/C58H36N3O3P/c62-65(42-20-8-3-9-21-42)53-27-15-12-24-47(53)58(48-35-44-43-22-10-13-25-49(43)63-51(44)36-54(48)65)45-23-11-14-26-50(45)64-52-34-41(32-33-46(52)58)57-60-55(39-18-6-2-7-19-39)59-56(61-57)40-30-28-38(29-31-40)37-16-4-1-5-17-37/h1-36H. The van der Waals surface area contributed by atoms with Gasteiger partial charge in [0.15, 0.2) is 24.6 Å². The molecule has 0 saturated carbocycles. The fraction of sp³-hybridized carbons (Fsp3) is 0.0172. The zero-order valence-electron chi connectivity index (χ0n) is 34.8. The van der Waals surface area contributed by atoms with Gasteiger partial charge in [0, 0.05) is 54.5 Å². The molecule has 0 N–H and O–H groups in total. The lowest BCUT2D eigenvalue weighted by molar-refractivity contribution is 0.435. The summed E-state index contributed by atoms with van der Waals surface area (Å²) in [7, 11) is -3.49. The number of rotatable bonds is 5. The monoisotopic (exact) mass is 853 g/mol. The summed E-state index contributed by atoms with van der Waals surface area (Å²) in [6.07, 6.45) is 0. The Bertz CT molecular complexity index is 3720. The molecule has 2 aromatic heterocycles. The first-order chi connectivity index (χ1) is 32.1. The van der Waals surface area contributed by atoms with Gasteiger partial charge in [-0.2, -0.15) is 0 Å². The minimum atomic E-state index is -3.49.